The number of benzene rings is 1. The molecule has 1 aromatic carbocycles. The van der Waals surface area contributed by atoms with Crippen molar-refractivity contribution in [2.75, 3.05) is 25.1 Å². The Hall–Kier alpha value is -1.09. The first-order valence-corrected chi connectivity index (χ1v) is 5.92. The van der Waals surface area contributed by atoms with Gasteiger partial charge in [0.2, 0.25) is 0 Å². The molecule has 1 saturated carbocycles. The van der Waals surface area contributed by atoms with Gasteiger partial charge in [0.25, 0.3) is 0 Å². The van der Waals surface area contributed by atoms with Crippen LogP contribution in [0.1, 0.15) is 19.3 Å². The van der Waals surface area contributed by atoms with Crippen LogP contribution in [0.15, 0.2) is 24.3 Å². The van der Waals surface area contributed by atoms with E-state index in [9.17, 15) is 4.39 Å². The number of anilines is 1. The Morgan fingerprint density at radius 3 is 2.81 bits per heavy atom. The molecule has 0 saturated heterocycles. The summed E-state index contributed by atoms with van der Waals surface area (Å²) in [4.78, 5) is 0. The lowest BCUT2D eigenvalue weighted by atomic mass is 10.3. The van der Waals surface area contributed by atoms with Crippen molar-refractivity contribution < 1.29 is 9.13 Å². The fraction of sp³-hybridized carbons (Fsp3) is 0.538. The van der Waals surface area contributed by atoms with Crippen LogP contribution >= 0.6 is 0 Å². The van der Waals surface area contributed by atoms with Gasteiger partial charge < -0.3 is 10.1 Å². The molecule has 1 aliphatic carbocycles. The number of ether oxygens (including phenoxy) is 1. The van der Waals surface area contributed by atoms with Crippen molar-refractivity contribution in [2.45, 2.75) is 19.3 Å². The molecule has 0 heterocycles. The molecule has 0 atom stereocenters. The van der Waals surface area contributed by atoms with Crippen LogP contribution in [0.5, 0.6) is 0 Å². The first-order valence-electron chi connectivity index (χ1n) is 5.92. The third-order valence-electron chi connectivity index (χ3n) is 2.80. The molecule has 0 bridgehead atoms. The van der Waals surface area contributed by atoms with Crippen molar-refractivity contribution >= 4 is 5.69 Å². The van der Waals surface area contributed by atoms with Gasteiger partial charge in [-0.25, -0.2) is 4.39 Å². The first-order chi connectivity index (χ1) is 7.86. The monoisotopic (exact) mass is 223 g/mol. The molecule has 0 radical (unpaired) electrons. The van der Waals surface area contributed by atoms with E-state index in [4.69, 9.17) is 4.74 Å². The summed E-state index contributed by atoms with van der Waals surface area (Å²) in [5.41, 5.74) is 0.549. The van der Waals surface area contributed by atoms with E-state index in [2.05, 4.69) is 5.32 Å². The largest absolute Gasteiger partial charge is 0.380 e. The molecular formula is C13H18FNO. The van der Waals surface area contributed by atoms with E-state index in [1.165, 1.54) is 25.3 Å². The quantitative estimate of drug-likeness (QED) is 0.717. The SMILES string of the molecule is Fc1ccccc1NCCOCCC1CC1. The summed E-state index contributed by atoms with van der Waals surface area (Å²) in [5, 5.41) is 3.02. The predicted octanol–water partition coefficient (Wildman–Crippen LogP) is 3.05. The fourth-order valence-electron chi connectivity index (χ4n) is 1.62. The van der Waals surface area contributed by atoms with Crippen LogP contribution < -0.4 is 5.32 Å². The summed E-state index contributed by atoms with van der Waals surface area (Å²) in [7, 11) is 0. The van der Waals surface area contributed by atoms with Crippen molar-refractivity contribution in [2.24, 2.45) is 5.92 Å². The standard InChI is InChI=1S/C13H18FNO/c14-12-3-1-2-4-13(12)15-8-10-16-9-7-11-5-6-11/h1-4,11,15H,5-10H2. The molecule has 1 N–H and O–H groups in total. The molecular weight excluding hydrogens is 205 g/mol. The van der Waals surface area contributed by atoms with E-state index in [0.29, 0.717) is 18.8 Å². The maximum atomic E-state index is 13.2. The molecule has 2 nitrogen and oxygen atoms in total. The van der Waals surface area contributed by atoms with Crippen molar-refractivity contribution in [3.63, 3.8) is 0 Å². The molecule has 16 heavy (non-hydrogen) atoms. The molecule has 88 valence electrons. The summed E-state index contributed by atoms with van der Waals surface area (Å²) in [6.45, 7) is 2.14. The van der Waals surface area contributed by atoms with Crippen LogP contribution in [0, 0.1) is 11.7 Å². The van der Waals surface area contributed by atoms with Crippen LogP contribution in [0.4, 0.5) is 10.1 Å². The molecule has 3 heteroatoms. The van der Waals surface area contributed by atoms with Gasteiger partial charge in [0.1, 0.15) is 5.82 Å². The minimum Gasteiger partial charge on any atom is -0.380 e. The summed E-state index contributed by atoms with van der Waals surface area (Å²) in [6.07, 6.45) is 3.92. The predicted molar refractivity (Wildman–Crippen MR) is 63.0 cm³/mol. The molecule has 1 fully saturated rings. The summed E-state index contributed by atoms with van der Waals surface area (Å²) in [5.74, 6) is 0.708. The zero-order valence-corrected chi connectivity index (χ0v) is 9.42. The Kier molecular flexibility index (Phi) is 4.17. The lowest BCUT2D eigenvalue weighted by Crippen LogP contribution is -2.11. The van der Waals surface area contributed by atoms with Crippen LogP contribution in [-0.4, -0.2) is 19.8 Å². The molecule has 0 unspecified atom stereocenters. The van der Waals surface area contributed by atoms with E-state index in [0.717, 1.165) is 12.5 Å². The Labute approximate surface area is 95.8 Å². The van der Waals surface area contributed by atoms with Gasteiger partial charge in [-0.15, -0.1) is 0 Å². The molecule has 1 aliphatic rings. The molecule has 0 amide bonds. The topological polar surface area (TPSA) is 21.3 Å². The summed E-state index contributed by atoms with van der Waals surface area (Å²) in [6, 6.07) is 6.70. The van der Waals surface area contributed by atoms with E-state index in [1.807, 2.05) is 6.07 Å². The zero-order chi connectivity index (χ0) is 11.2. The van der Waals surface area contributed by atoms with Crippen molar-refractivity contribution in [1.82, 2.24) is 0 Å². The van der Waals surface area contributed by atoms with E-state index < -0.39 is 0 Å². The molecule has 0 aromatic heterocycles. The first kappa shape index (κ1) is 11.4. The van der Waals surface area contributed by atoms with Gasteiger partial charge in [-0.3, -0.25) is 0 Å². The highest BCUT2D eigenvalue weighted by Gasteiger charge is 2.20. The average Bonchev–Trinajstić information content (AvgIpc) is 3.09. The third kappa shape index (κ3) is 3.81. The number of rotatable bonds is 7. The highest BCUT2D eigenvalue weighted by atomic mass is 19.1. The number of nitrogens with one attached hydrogen (secondary N) is 1. The third-order valence-corrected chi connectivity index (χ3v) is 2.80. The molecule has 2 rings (SSSR count). The molecule has 0 spiro atoms. The second-order valence-corrected chi connectivity index (χ2v) is 4.25. The zero-order valence-electron chi connectivity index (χ0n) is 9.42. The lowest BCUT2D eigenvalue weighted by Gasteiger charge is -2.07. The number of para-hydroxylation sites is 1. The second-order valence-electron chi connectivity index (χ2n) is 4.25. The highest BCUT2D eigenvalue weighted by molar-refractivity contribution is 5.44. The van der Waals surface area contributed by atoms with Crippen molar-refractivity contribution in [1.29, 1.82) is 0 Å². The van der Waals surface area contributed by atoms with E-state index in [-0.39, 0.29) is 5.82 Å². The second kappa shape index (κ2) is 5.85. The number of hydrogen-bond acceptors (Lipinski definition) is 2. The van der Waals surface area contributed by atoms with Crippen LogP contribution in [0.3, 0.4) is 0 Å². The maximum Gasteiger partial charge on any atom is 0.146 e. The van der Waals surface area contributed by atoms with Gasteiger partial charge in [0.05, 0.1) is 12.3 Å². The van der Waals surface area contributed by atoms with Crippen LogP contribution in [0.2, 0.25) is 0 Å². The normalized spacial score (nSPS) is 15.1. The van der Waals surface area contributed by atoms with Gasteiger partial charge >= 0.3 is 0 Å². The van der Waals surface area contributed by atoms with Gasteiger partial charge in [0, 0.05) is 13.2 Å². The molecule has 0 aliphatic heterocycles. The number of halogens is 1. The Balaban J connectivity index is 1.55. The Morgan fingerprint density at radius 1 is 1.25 bits per heavy atom. The van der Waals surface area contributed by atoms with Gasteiger partial charge in [-0.1, -0.05) is 25.0 Å². The van der Waals surface area contributed by atoms with Gasteiger partial charge in [-0.05, 0) is 24.5 Å². The molecule has 1 aromatic rings. The van der Waals surface area contributed by atoms with Crippen molar-refractivity contribution in [3.05, 3.63) is 30.1 Å². The summed E-state index contributed by atoms with van der Waals surface area (Å²) < 4.78 is 18.6. The maximum absolute atomic E-state index is 13.2. The van der Waals surface area contributed by atoms with Crippen LogP contribution in [-0.2, 0) is 4.74 Å². The van der Waals surface area contributed by atoms with Gasteiger partial charge in [0.15, 0.2) is 0 Å². The minimum atomic E-state index is -0.208. The average molecular weight is 223 g/mol. The van der Waals surface area contributed by atoms with E-state index >= 15 is 0 Å². The minimum absolute atomic E-state index is 0.208. The number of hydrogen-bond donors (Lipinski definition) is 1. The van der Waals surface area contributed by atoms with E-state index in [1.54, 1.807) is 12.1 Å². The summed E-state index contributed by atoms with van der Waals surface area (Å²) >= 11 is 0. The van der Waals surface area contributed by atoms with Crippen molar-refractivity contribution in [3.8, 4) is 0 Å². The fourth-order valence-corrected chi connectivity index (χ4v) is 1.62. The smallest absolute Gasteiger partial charge is 0.146 e. The van der Waals surface area contributed by atoms with Crippen LogP contribution in [0.25, 0.3) is 0 Å². The lowest BCUT2D eigenvalue weighted by molar-refractivity contribution is 0.137. The van der Waals surface area contributed by atoms with Gasteiger partial charge in [-0.2, -0.15) is 0 Å². The highest BCUT2D eigenvalue weighted by Crippen LogP contribution is 2.31. The Bertz CT molecular complexity index is 325. The Morgan fingerprint density at radius 2 is 2.06 bits per heavy atom.